The summed E-state index contributed by atoms with van der Waals surface area (Å²) in [5, 5.41) is 9.21. The molecule has 0 atom stereocenters. The van der Waals surface area contributed by atoms with Crippen molar-refractivity contribution in [1.82, 2.24) is 20.9 Å². The first-order chi connectivity index (χ1) is 11.7. The monoisotopic (exact) mass is 333 g/mol. The smallest absolute Gasteiger partial charge is 0.251 e. The number of carbonyl (C=O) groups excluding carboxylic acids is 1. The van der Waals surface area contributed by atoms with E-state index in [9.17, 15) is 4.79 Å². The van der Waals surface area contributed by atoms with Crippen LogP contribution in [-0.2, 0) is 11.3 Å². The summed E-state index contributed by atoms with van der Waals surface area (Å²) in [4.78, 5) is 18.1. The molecule has 0 unspecified atom stereocenters. The van der Waals surface area contributed by atoms with Crippen molar-refractivity contribution in [3.63, 3.8) is 0 Å². The number of aliphatic imine (C=N–C) groups is 1. The van der Waals surface area contributed by atoms with Crippen molar-refractivity contribution < 1.29 is 9.53 Å². The van der Waals surface area contributed by atoms with E-state index in [0.717, 1.165) is 50.9 Å². The maximum absolute atomic E-state index is 11.5. The summed E-state index contributed by atoms with van der Waals surface area (Å²) in [6.07, 6.45) is 0. The summed E-state index contributed by atoms with van der Waals surface area (Å²) >= 11 is 0. The standard InChI is InChI=1S/C17H27N5O2/c1-18-16(23)15-5-3-14(4-6-15)13-21-17(19-2)20-7-8-22-9-11-24-12-10-22/h3-6H,7-13H2,1-2H3,(H,18,23)(H2,19,20,21). The number of hydrogen-bond donors (Lipinski definition) is 3. The van der Waals surface area contributed by atoms with Gasteiger partial charge in [0.1, 0.15) is 0 Å². The Kier molecular flexibility index (Phi) is 7.51. The molecule has 2 rings (SSSR count). The van der Waals surface area contributed by atoms with E-state index in [1.807, 2.05) is 24.3 Å². The highest BCUT2D eigenvalue weighted by atomic mass is 16.5. The first-order valence-electron chi connectivity index (χ1n) is 8.28. The molecule has 132 valence electrons. The molecular formula is C17H27N5O2. The Hall–Kier alpha value is -2.12. The molecule has 1 amide bonds. The van der Waals surface area contributed by atoms with Crippen LogP contribution in [-0.4, -0.2) is 70.3 Å². The van der Waals surface area contributed by atoms with E-state index in [1.165, 1.54) is 0 Å². The number of morpholine rings is 1. The van der Waals surface area contributed by atoms with Gasteiger partial charge in [-0.3, -0.25) is 14.7 Å². The summed E-state index contributed by atoms with van der Waals surface area (Å²) in [5.74, 6) is 0.703. The molecule has 0 bridgehead atoms. The van der Waals surface area contributed by atoms with Gasteiger partial charge in [0.25, 0.3) is 5.91 Å². The fraction of sp³-hybridized carbons (Fsp3) is 0.529. The van der Waals surface area contributed by atoms with E-state index in [1.54, 1.807) is 14.1 Å². The second-order valence-electron chi connectivity index (χ2n) is 5.58. The minimum absolute atomic E-state index is 0.0740. The van der Waals surface area contributed by atoms with Gasteiger partial charge >= 0.3 is 0 Å². The molecular weight excluding hydrogens is 306 g/mol. The maximum Gasteiger partial charge on any atom is 0.251 e. The second-order valence-corrected chi connectivity index (χ2v) is 5.58. The van der Waals surface area contributed by atoms with Crippen LogP contribution in [0.3, 0.4) is 0 Å². The molecule has 1 aliphatic rings. The fourth-order valence-corrected chi connectivity index (χ4v) is 2.48. The number of hydrogen-bond acceptors (Lipinski definition) is 4. The molecule has 1 saturated heterocycles. The Bertz CT molecular complexity index is 538. The summed E-state index contributed by atoms with van der Waals surface area (Å²) in [7, 11) is 3.39. The van der Waals surface area contributed by atoms with Crippen molar-refractivity contribution in [2.75, 3.05) is 53.5 Å². The van der Waals surface area contributed by atoms with Crippen LogP contribution in [0.4, 0.5) is 0 Å². The van der Waals surface area contributed by atoms with Gasteiger partial charge in [-0.05, 0) is 17.7 Å². The summed E-state index contributed by atoms with van der Waals surface area (Å²) < 4.78 is 5.34. The molecule has 0 aliphatic carbocycles. The maximum atomic E-state index is 11.5. The van der Waals surface area contributed by atoms with E-state index in [-0.39, 0.29) is 5.91 Å². The van der Waals surface area contributed by atoms with E-state index in [0.29, 0.717) is 12.1 Å². The minimum Gasteiger partial charge on any atom is -0.379 e. The molecule has 1 aliphatic heterocycles. The van der Waals surface area contributed by atoms with Crippen LogP contribution in [0.25, 0.3) is 0 Å². The van der Waals surface area contributed by atoms with Crippen molar-refractivity contribution in [2.24, 2.45) is 4.99 Å². The van der Waals surface area contributed by atoms with Crippen molar-refractivity contribution in [1.29, 1.82) is 0 Å². The zero-order chi connectivity index (χ0) is 17.2. The normalized spacial score (nSPS) is 15.8. The summed E-state index contributed by atoms with van der Waals surface area (Å²) in [6, 6.07) is 7.53. The molecule has 1 heterocycles. The van der Waals surface area contributed by atoms with Crippen molar-refractivity contribution in [3.05, 3.63) is 35.4 Å². The number of ether oxygens (including phenoxy) is 1. The number of rotatable bonds is 6. The molecule has 0 aromatic heterocycles. The second kappa shape index (κ2) is 9.89. The van der Waals surface area contributed by atoms with Gasteiger partial charge in [0, 0.05) is 52.4 Å². The number of carbonyl (C=O) groups is 1. The van der Waals surface area contributed by atoms with Gasteiger partial charge in [-0.2, -0.15) is 0 Å². The Balaban J connectivity index is 1.71. The van der Waals surface area contributed by atoms with Crippen LogP contribution in [0.15, 0.2) is 29.3 Å². The molecule has 0 radical (unpaired) electrons. The minimum atomic E-state index is -0.0740. The average Bonchev–Trinajstić information content (AvgIpc) is 2.65. The Morgan fingerprint density at radius 3 is 2.54 bits per heavy atom. The molecule has 1 fully saturated rings. The van der Waals surface area contributed by atoms with Crippen molar-refractivity contribution in [2.45, 2.75) is 6.54 Å². The molecule has 3 N–H and O–H groups in total. The Morgan fingerprint density at radius 1 is 1.21 bits per heavy atom. The average molecular weight is 333 g/mol. The number of benzene rings is 1. The third-order valence-electron chi connectivity index (χ3n) is 3.95. The molecule has 1 aromatic rings. The molecule has 0 saturated carbocycles. The molecule has 7 heteroatoms. The van der Waals surface area contributed by atoms with E-state index < -0.39 is 0 Å². The van der Waals surface area contributed by atoms with Gasteiger partial charge in [-0.15, -0.1) is 0 Å². The van der Waals surface area contributed by atoms with Crippen molar-refractivity contribution >= 4 is 11.9 Å². The highest BCUT2D eigenvalue weighted by molar-refractivity contribution is 5.93. The highest BCUT2D eigenvalue weighted by Crippen LogP contribution is 2.04. The molecule has 1 aromatic carbocycles. The lowest BCUT2D eigenvalue weighted by molar-refractivity contribution is 0.0389. The van der Waals surface area contributed by atoms with Crippen LogP contribution in [0.2, 0.25) is 0 Å². The third-order valence-corrected chi connectivity index (χ3v) is 3.95. The lowest BCUT2D eigenvalue weighted by Gasteiger charge is -2.26. The lowest BCUT2D eigenvalue weighted by atomic mass is 10.1. The van der Waals surface area contributed by atoms with Gasteiger partial charge < -0.3 is 20.7 Å². The van der Waals surface area contributed by atoms with Crippen LogP contribution >= 0.6 is 0 Å². The Labute approximate surface area is 143 Å². The summed E-state index contributed by atoms with van der Waals surface area (Å²) in [5.41, 5.74) is 1.76. The number of amides is 1. The first kappa shape index (κ1) is 18.2. The predicted octanol–water partition coefficient (Wildman–Crippen LogP) is 0.0434. The van der Waals surface area contributed by atoms with Crippen LogP contribution in [0.5, 0.6) is 0 Å². The van der Waals surface area contributed by atoms with Crippen LogP contribution in [0, 0.1) is 0 Å². The lowest BCUT2D eigenvalue weighted by Crippen LogP contribution is -2.44. The summed E-state index contributed by atoms with van der Waals surface area (Å²) in [6.45, 7) is 6.10. The van der Waals surface area contributed by atoms with Gasteiger partial charge in [0.05, 0.1) is 13.2 Å². The molecule has 0 spiro atoms. The van der Waals surface area contributed by atoms with E-state index in [4.69, 9.17) is 4.74 Å². The fourth-order valence-electron chi connectivity index (χ4n) is 2.48. The Morgan fingerprint density at radius 2 is 1.92 bits per heavy atom. The zero-order valence-electron chi connectivity index (χ0n) is 14.5. The number of nitrogens with zero attached hydrogens (tertiary/aromatic N) is 2. The highest BCUT2D eigenvalue weighted by Gasteiger charge is 2.09. The van der Waals surface area contributed by atoms with Crippen LogP contribution < -0.4 is 16.0 Å². The van der Waals surface area contributed by atoms with Gasteiger partial charge in [0.2, 0.25) is 0 Å². The van der Waals surface area contributed by atoms with E-state index in [2.05, 4.69) is 25.8 Å². The SMILES string of the molecule is CN=C(NCCN1CCOCC1)NCc1ccc(C(=O)NC)cc1. The van der Waals surface area contributed by atoms with Gasteiger partial charge in [-0.1, -0.05) is 12.1 Å². The molecule has 24 heavy (non-hydrogen) atoms. The zero-order valence-corrected chi connectivity index (χ0v) is 14.5. The quantitative estimate of drug-likeness (QED) is 0.506. The largest absolute Gasteiger partial charge is 0.379 e. The number of guanidine groups is 1. The number of nitrogens with one attached hydrogen (secondary N) is 3. The third kappa shape index (κ3) is 5.82. The molecule has 7 nitrogen and oxygen atoms in total. The van der Waals surface area contributed by atoms with Gasteiger partial charge in [-0.25, -0.2) is 0 Å². The van der Waals surface area contributed by atoms with E-state index >= 15 is 0 Å². The van der Waals surface area contributed by atoms with Crippen molar-refractivity contribution in [3.8, 4) is 0 Å². The van der Waals surface area contributed by atoms with Gasteiger partial charge in [0.15, 0.2) is 5.96 Å². The first-order valence-corrected chi connectivity index (χ1v) is 8.28. The van der Waals surface area contributed by atoms with Crippen LogP contribution in [0.1, 0.15) is 15.9 Å². The predicted molar refractivity (Wildman–Crippen MR) is 95.3 cm³/mol. The topological polar surface area (TPSA) is 78.0 Å².